The van der Waals surface area contributed by atoms with E-state index in [0.29, 0.717) is 23.7 Å². The van der Waals surface area contributed by atoms with Gasteiger partial charge >= 0.3 is 0 Å². The first-order valence-corrected chi connectivity index (χ1v) is 5.87. The molecule has 2 nitrogen and oxygen atoms in total. The summed E-state index contributed by atoms with van der Waals surface area (Å²) >= 11 is 0. The zero-order valence-corrected chi connectivity index (χ0v) is 8.98. The summed E-state index contributed by atoms with van der Waals surface area (Å²) in [7, 11) is 0. The molecule has 3 aliphatic carbocycles. The van der Waals surface area contributed by atoms with Gasteiger partial charge in [-0.25, -0.2) is 0 Å². The van der Waals surface area contributed by atoms with E-state index in [4.69, 9.17) is 0 Å². The molecule has 0 amide bonds. The van der Waals surface area contributed by atoms with Gasteiger partial charge in [0.15, 0.2) is 0 Å². The summed E-state index contributed by atoms with van der Waals surface area (Å²) in [5.74, 6) is 2.21. The molecule has 0 saturated heterocycles. The highest BCUT2D eigenvalue weighted by Crippen LogP contribution is 2.62. The maximum atomic E-state index is 10.3. The van der Waals surface area contributed by atoms with E-state index in [-0.39, 0.29) is 17.6 Å². The lowest BCUT2D eigenvalue weighted by atomic mass is 9.79. The molecule has 3 fully saturated rings. The van der Waals surface area contributed by atoms with Crippen molar-refractivity contribution in [2.24, 2.45) is 29.1 Å². The summed E-state index contributed by atoms with van der Waals surface area (Å²) in [4.78, 5) is 0. The lowest BCUT2D eigenvalue weighted by molar-refractivity contribution is 0.00670. The van der Waals surface area contributed by atoms with Gasteiger partial charge in [-0.05, 0) is 48.3 Å². The molecule has 0 aliphatic heterocycles. The molecule has 0 aromatic rings. The van der Waals surface area contributed by atoms with Crippen LogP contribution in [0.1, 0.15) is 33.1 Å². The number of aliphatic hydroxyl groups is 2. The Morgan fingerprint density at radius 2 is 1.79 bits per heavy atom. The minimum atomic E-state index is -0.130. The van der Waals surface area contributed by atoms with Crippen LogP contribution < -0.4 is 0 Å². The van der Waals surface area contributed by atoms with Gasteiger partial charge < -0.3 is 10.2 Å². The van der Waals surface area contributed by atoms with Gasteiger partial charge in [0.05, 0.1) is 12.2 Å². The molecule has 0 aromatic carbocycles. The van der Waals surface area contributed by atoms with Gasteiger partial charge in [0.2, 0.25) is 0 Å². The summed E-state index contributed by atoms with van der Waals surface area (Å²) < 4.78 is 0. The monoisotopic (exact) mass is 196 g/mol. The molecule has 0 radical (unpaired) electrons. The van der Waals surface area contributed by atoms with Gasteiger partial charge in [0.1, 0.15) is 0 Å². The molecule has 6 atom stereocenters. The van der Waals surface area contributed by atoms with E-state index in [1.807, 2.05) is 0 Å². The van der Waals surface area contributed by atoms with Crippen LogP contribution in [0.15, 0.2) is 0 Å². The average molecular weight is 196 g/mol. The topological polar surface area (TPSA) is 40.5 Å². The van der Waals surface area contributed by atoms with Crippen LogP contribution in [0.5, 0.6) is 0 Å². The minimum absolute atomic E-state index is 0.0673. The number of hydrogen-bond donors (Lipinski definition) is 2. The molecule has 80 valence electrons. The quantitative estimate of drug-likeness (QED) is 0.615. The highest BCUT2D eigenvalue weighted by molar-refractivity contribution is 5.10. The molecular weight excluding hydrogens is 176 g/mol. The van der Waals surface area contributed by atoms with Gasteiger partial charge in [0, 0.05) is 0 Å². The van der Waals surface area contributed by atoms with E-state index >= 15 is 0 Å². The van der Waals surface area contributed by atoms with Crippen molar-refractivity contribution in [2.45, 2.75) is 45.3 Å². The van der Waals surface area contributed by atoms with E-state index in [1.165, 1.54) is 6.42 Å². The summed E-state index contributed by atoms with van der Waals surface area (Å²) in [6.45, 7) is 4.34. The second-order valence-corrected chi connectivity index (χ2v) is 6.34. The highest BCUT2D eigenvalue weighted by atomic mass is 16.3. The van der Waals surface area contributed by atoms with Gasteiger partial charge in [-0.2, -0.15) is 0 Å². The molecule has 3 rings (SSSR count). The summed E-state index contributed by atoms with van der Waals surface area (Å²) in [6, 6.07) is 0. The summed E-state index contributed by atoms with van der Waals surface area (Å²) in [6.07, 6.45) is 3.02. The van der Waals surface area contributed by atoms with Crippen LogP contribution in [0, 0.1) is 29.1 Å². The first-order valence-electron chi connectivity index (χ1n) is 5.87. The Hall–Kier alpha value is -0.0800. The van der Waals surface area contributed by atoms with Gasteiger partial charge in [-0.3, -0.25) is 0 Å². The predicted octanol–water partition coefficient (Wildman–Crippen LogP) is 1.41. The molecule has 2 bridgehead atoms. The van der Waals surface area contributed by atoms with Crippen LogP contribution in [-0.4, -0.2) is 22.4 Å². The molecular formula is C12H20O2. The maximum Gasteiger partial charge on any atom is 0.0624 e. The fraction of sp³-hybridized carbons (Fsp3) is 1.00. The Bertz CT molecular complexity index is 261. The zero-order chi connectivity index (χ0) is 10.1. The molecule has 0 heterocycles. The lowest BCUT2D eigenvalue weighted by Crippen LogP contribution is -2.34. The SMILES string of the molecule is CC1(C)C[C@@H]2[C@@H]3C[C@@H](C[C@H]3O)[C@@H]2[C@H]1O. The van der Waals surface area contributed by atoms with E-state index in [0.717, 1.165) is 12.8 Å². The molecule has 2 heteroatoms. The normalized spacial score (nSPS) is 59.1. The first kappa shape index (κ1) is 9.17. The van der Waals surface area contributed by atoms with Gasteiger partial charge in [0.25, 0.3) is 0 Å². The summed E-state index contributed by atoms with van der Waals surface area (Å²) in [5.41, 5.74) is 0.0797. The summed E-state index contributed by atoms with van der Waals surface area (Å²) in [5, 5.41) is 20.1. The van der Waals surface area contributed by atoms with Crippen molar-refractivity contribution in [1.82, 2.24) is 0 Å². The molecule has 3 saturated carbocycles. The van der Waals surface area contributed by atoms with E-state index in [1.54, 1.807) is 0 Å². The number of aliphatic hydroxyl groups excluding tert-OH is 2. The van der Waals surface area contributed by atoms with Crippen molar-refractivity contribution in [3.63, 3.8) is 0 Å². The zero-order valence-electron chi connectivity index (χ0n) is 8.98. The van der Waals surface area contributed by atoms with E-state index < -0.39 is 0 Å². The Kier molecular flexibility index (Phi) is 1.66. The molecule has 0 spiro atoms. The fourth-order valence-corrected chi connectivity index (χ4v) is 4.53. The molecule has 2 N–H and O–H groups in total. The minimum Gasteiger partial charge on any atom is -0.393 e. The third kappa shape index (κ3) is 0.938. The molecule has 3 aliphatic rings. The van der Waals surface area contributed by atoms with Crippen LogP contribution >= 0.6 is 0 Å². The maximum absolute atomic E-state index is 10.3. The van der Waals surface area contributed by atoms with Crippen LogP contribution in [0.2, 0.25) is 0 Å². The van der Waals surface area contributed by atoms with Crippen molar-refractivity contribution >= 4 is 0 Å². The molecule has 0 aromatic heterocycles. The second kappa shape index (κ2) is 2.53. The van der Waals surface area contributed by atoms with Crippen LogP contribution in [0.4, 0.5) is 0 Å². The van der Waals surface area contributed by atoms with Crippen molar-refractivity contribution in [1.29, 1.82) is 0 Å². The predicted molar refractivity (Wildman–Crippen MR) is 53.6 cm³/mol. The molecule has 14 heavy (non-hydrogen) atoms. The van der Waals surface area contributed by atoms with Crippen LogP contribution in [-0.2, 0) is 0 Å². The fourth-order valence-electron chi connectivity index (χ4n) is 4.53. The number of fused-ring (bicyclic) bond motifs is 5. The highest BCUT2D eigenvalue weighted by Gasteiger charge is 2.61. The van der Waals surface area contributed by atoms with Crippen molar-refractivity contribution in [3.8, 4) is 0 Å². The Morgan fingerprint density at radius 3 is 2.50 bits per heavy atom. The van der Waals surface area contributed by atoms with Crippen molar-refractivity contribution in [2.75, 3.05) is 0 Å². The number of hydrogen-bond acceptors (Lipinski definition) is 2. The Labute approximate surface area is 85.3 Å². The van der Waals surface area contributed by atoms with Crippen molar-refractivity contribution in [3.05, 3.63) is 0 Å². The third-order valence-electron chi connectivity index (χ3n) is 5.13. The largest absolute Gasteiger partial charge is 0.393 e. The lowest BCUT2D eigenvalue weighted by Gasteiger charge is -2.30. The standard InChI is InChI=1S/C12H20O2/c1-12(2)5-8-7-3-6(4-9(7)13)10(8)11(12)14/h6-11,13-14H,3-5H2,1-2H3/t6-,7-,8+,9+,10-,11+/m0/s1. The first-order chi connectivity index (χ1) is 6.50. The van der Waals surface area contributed by atoms with E-state index in [2.05, 4.69) is 13.8 Å². The second-order valence-electron chi connectivity index (χ2n) is 6.34. The Balaban J connectivity index is 1.92. The van der Waals surface area contributed by atoms with Crippen LogP contribution in [0.25, 0.3) is 0 Å². The Morgan fingerprint density at radius 1 is 1.07 bits per heavy atom. The molecule has 0 unspecified atom stereocenters. The smallest absolute Gasteiger partial charge is 0.0624 e. The van der Waals surface area contributed by atoms with Gasteiger partial charge in [-0.15, -0.1) is 0 Å². The van der Waals surface area contributed by atoms with Crippen molar-refractivity contribution < 1.29 is 10.2 Å². The van der Waals surface area contributed by atoms with Crippen LogP contribution in [0.3, 0.4) is 0 Å². The van der Waals surface area contributed by atoms with Gasteiger partial charge in [-0.1, -0.05) is 13.8 Å². The van der Waals surface area contributed by atoms with E-state index in [9.17, 15) is 10.2 Å². The third-order valence-corrected chi connectivity index (χ3v) is 5.13. The average Bonchev–Trinajstić information content (AvgIpc) is 2.64. The number of rotatable bonds is 0.